The van der Waals surface area contributed by atoms with E-state index < -0.39 is 11.9 Å². The first-order valence-electron chi connectivity index (χ1n) is 5.53. The molecule has 0 spiro atoms. The van der Waals surface area contributed by atoms with E-state index in [0.717, 1.165) is 16.2 Å². The number of benzene rings is 2. The van der Waals surface area contributed by atoms with Crippen LogP contribution in [0.1, 0.15) is 20.7 Å². The first kappa shape index (κ1) is 10.1. The van der Waals surface area contributed by atoms with Gasteiger partial charge in [-0.3, -0.25) is 0 Å². The molecule has 1 aliphatic heterocycles. The van der Waals surface area contributed by atoms with E-state index in [-0.39, 0.29) is 0 Å². The van der Waals surface area contributed by atoms with E-state index in [2.05, 4.69) is 4.74 Å². The molecule has 0 saturated heterocycles. The molecule has 0 fully saturated rings. The molecule has 2 aromatic carbocycles. The van der Waals surface area contributed by atoms with Crippen molar-refractivity contribution < 1.29 is 14.3 Å². The third kappa shape index (κ3) is 1.30. The second-order valence-electron chi connectivity index (χ2n) is 4.03. The van der Waals surface area contributed by atoms with E-state index in [4.69, 9.17) is 0 Å². The Bertz CT molecular complexity index is 661. The summed E-state index contributed by atoms with van der Waals surface area (Å²) in [6.45, 7) is 1.97. The molecule has 0 radical (unpaired) electrons. The van der Waals surface area contributed by atoms with Gasteiger partial charge in [0.2, 0.25) is 0 Å². The largest absolute Gasteiger partial charge is 0.386 e. The predicted molar refractivity (Wildman–Crippen MR) is 66.3 cm³/mol. The average molecular weight is 224 g/mol. The van der Waals surface area contributed by atoms with Gasteiger partial charge in [0.25, 0.3) is 0 Å². The normalized spacial score (nSPS) is 13.7. The molecule has 0 saturated carbocycles. The zero-order valence-corrected chi connectivity index (χ0v) is 9.32. The number of hydrogen-bond donors (Lipinski definition) is 0. The minimum atomic E-state index is -0.537. The lowest BCUT2D eigenvalue weighted by Crippen LogP contribution is -2.21. The highest BCUT2D eigenvalue weighted by atomic mass is 16.6. The van der Waals surface area contributed by atoms with Crippen LogP contribution in [-0.4, -0.2) is 19.2 Å². The van der Waals surface area contributed by atoms with Crippen molar-refractivity contribution in [2.45, 2.75) is 6.82 Å². The van der Waals surface area contributed by atoms with Crippen molar-refractivity contribution >= 4 is 35.5 Å². The molecule has 4 heteroatoms. The smallest absolute Gasteiger partial charge is 0.346 e. The number of fused-ring (bicyclic) bond motifs is 2. The van der Waals surface area contributed by atoms with Gasteiger partial charge in [-0.2, -0.15) is 0 Å². The molecule has 3 rings (SSSR count). The van der Waals surface area contributed by atoms with Crippen LogP contribution in [0.3, 0.4) is 0 Å². The van der Waals surface area contributed by atoms with Gasteiger partial charge in [0.05, 0.1) is 11.1 Å². The molecule has 1 heterocycles. The average Bonchev–Trinajstić information content (AvgIpc) is 2.62. The van der Waals surface area contributed by atoms with Gasteiger partial charge in [-0.05, 0) is 16.8 Å². The Labute approximate surface area is 98.6 Å². The molecule has 0 N–H and O–H groups in total. The summed E-state index contributed by atoms with van der Waals surface area (Å²) in [5.74, 6) is -1.06. The predicted octanol–water partition coefficient (Wildman–Crippen LogP) is 1.26. The van der Waals surface area contributed by atoms with Gasteiger partial charge in [0.1, 0.15) is 0 Å². The molecule has 0 aliphatic carbocycles. The maximum absolute atomic E-state index is 11.7. The third-order valence-corrected chi connectivity index (χ3v) is 3.12. The lowest BCUT2D eigenvalue weighted by atomic mass is 9.68. The Kier molecular flexibility index (Phi) is 2.05. The summed E-state index contributed by atoms with van der Waals surface area (Å²) in [5.41, 5.74) is 1.73. The standard InChI is InChI=1S/C13H9BO3/c1-14-11-8-5-3-2-4-7(8)6-9-10(11)13(16)17-12(9)15/h2-6,14H,1H3. The van der Waals surface area contributed by atoms with Crippen LogP contribution in [0.4, 0.5) is 0 Å². The summed E-state index contributed by atoms with van der Waals surface area (Å²) in [4.78, 5) is 23.2. The number of carbonyl (C=O) groups is 2. The molecular formula is C13H9BO3. The minimum Gasteiger partial charge on any atom is -0.386 e. The molecule has 3 nitrogen and oxygen atoms in total. The van der Waals surface area contributed by atoms with Gasteiger partial charge in [0.15, 0.2) is 7.28 Å². The molecule has 0 atom stereocenters. The maximum Gasteiger partial charge on any atom is 0.346 e. The summed E-state index contributed by atoms with van der Waals surface area (Å²) in [5, 5.41) is 1.98. The highest BCUT2D eigenvalue weighted by molar-refractivity contribution is 6.58. The second-order valence-corrected chi connectivity index (χ2v) is 4.03. The van der Waals surface area contributed by atoms with Gasteiger partial charge in [-0.15, -0.1) is 0 Å². The van der Waals surface area contributed by atoms with Gasteiger partial charge in [0, 0.05) is 0 Å². The van der Waals surface area contributed by atoms with Crippen LogP contribution in [0, 0.1) is 0 Å². The summed E-state index contributed by atoms with van der Waals surface area (Å²) in [6.07, 6.45) is 0. The highest BCUT2D eigenvalue weighted by Crippen LogP contribution is 2.24. The van der Waals surface area contributed by atoms with Crippen molar-refractivity contribution in [3.8, 4) is 0 Å². The van der Waals surface area contributed by atoms with E-state index >= 15 is 0 Å². The van der Waals surface area contributed by atoms with Crippen LogP contribution in [0.2, 0.25) is 6.82 Å². The van der Waals surface area contributed by atoms with Crippen molar-refractivity contribution in [3.05, 3.63) is 41.5 Å². The van der Waals surface area contributed by atoms with E-state index in [1.54, 1.807) is 6.07 Å². The number of hydrogen-bond acceptors (Lipinski definition) is 3. The maximum atomic E-state index is 11.7. The quantitative estimate of drug-likeness (QED) is 0.416. The SMILES string of the molecule is CBc1c2c(cc3ccccc13)C(=O)OC2=O. The Morgan fingerprint density at radius 1 is 1.12 bits per heavy atom. The van der Waals surface area contributed by atoms with Gasteiger partial charge < -0.3 is 4.74 Å². The molecule has 0 bridgehead atoms. The molecule has 2 aromatic rings. The molecule has 0 aromatic heterocycles. The lowest BCUT2D eigenvalue weighted by molar-refractivity contribution is 0.0444. The topological polar surface area (TPSA) is 43.4 Å². The van der Waals surface area contributed by atoms with Crippen molar-refractivity contribution in [1.29, 1.82) is 0 Å². The summed E-state index contributed by atoms with van der Waals surface area (Å²) >= 11 is 0. The number of esters is 2. The number of cyclic esters (lactones) is 2. The molecule has 82 valence electrons. The van der Waals surface area contributed by atoms with Crippen molar-refractivity contribution in [2.24, 2.45) is 0 Å². The minimum absolute atomic E-state index is 0.394. The van der Waals surface area contributed by atoms with Crippen LogP contribution in [0.15, 0.2) is 30.3 Å². The highest BCUT2D eigenvalue weighted by Gasteiger charge is 2.32. The first-order valence-corrected chi connectivity index (χ1v) is 5.53. The Hall–Kier alpha value is -2.10. The second kappa shape index (κ2) is 3.45. The fourth-order valence-corrected chi connectivity index (χ4v) is 2.37. The molecule has 0 amide bonds. The summed E-state index contributed by atoms with van der Waals surface area (Å²) in [7, 11) is 0.700. The Morgan fingerprint density at radius 3 is 2.65 bits per heavy atom. The van der Waals surface area contributed by atoms with Crippen LogP contribution < -0.4 is 5.46 Å². The molecule has 17 heavy (non-hydrogen) atoms. The zero-order chi connectivity index (χ0) is 12.0. The van der Waals surface area contributed by atoms with Gasteiger partial charge in [-0.25, -0.2) is 9.59 Å². The van der Waals surface area contributed by atoms with Crippen LogP contribution in [0.25, 0.3) is 10.8 Å². The van der Waals surface area contributed by atoms with Crippen molar-refractivity contribution in [1.82, 2.24) is 0 Å². The fraction of sp³-hybridized carbons (Fsp3) is 0.0769. The molecular weight excluding hydrogens is 215 g/mol. The monoisotopic (exact) mass is 224 g/mol. The lowest BCUT2D eigenvalue weighted by Gasteiger charge is -2.07. The third-order valence-electron chi connectivity index (χ3n) is 3.12. The number of rotatable bonds is 1. The molecule has 1 aliphatic rings. The van der Waals surface area contributed by atoms with E-state index in [0.29, 0.717) is 18.4 Å². The number of carbonyl (C=O) groups excluding carboxylic acids is 2. The first-order chi connectivity index (χ1) is 8.22. The van der Waals surface area contributed by atoms with Gasteiger partial charge in [-0.1, -0.05) is 36.6 Å². The van der Waals surface area contributed by atoms with E-state index in [1.807, 2.05) is 31.1 Å². The number of ether oxygens (including phenoxy) is 1. The summed E-state index contributed by atoms with van der Waals surface area (Å²) in [6, 6.07) is 9.47. The zero-order valence-electron chi connectivity index (χ0n) is 9.32. The van der Waals surface area contributed by atoms with Crippen molar-refractivity contribution in [2.75, 3.05) is 0 Å². The van der Waals surface area contributed by atoms with Gasteiger partial charge >= 0.3 is 11.9 Å². The van der Waals surface area contributed by atoms with Crippen molar-refractivity contribution in [3.63, 3.8) is 0 Å². The van der Waals surface area contributed by atoms with Crippen LogP contribution >= 0.6 is 0 Å². The van der Waals surface area contributed by atoms with Crippen LogP contribution in [-0.2, 0) is 4.74 Å². The van der Waals surface area contributed by atoms with E-state index in [9.17, 15) is 9.59 Å². The Morgan fingerprint density at radius 2 is 1.88 bits per heavy atom. The summed E-state index contributed by atoms with van der Waals surface area (Å²) < 4.78 is 4.67. The Balaban J connectivity index is 2.48. The fourth-order valence-electron chi connectivity index (χ4n) is 2.37. The molecule has 0 unspecified atom stereocenters. The van der Waals surface area contributed by atoms with E-state index in [1.165, 1.54) is 0 Å². The van der Waals surface area contributed by atoms with Crippen LogP contribution in [0.5, 0.6) is 0 Å².